The summed E-state index contributed by atoms with van der Waals surface area (Å²) in [6.45, 7) is 5.87. The van der Waals surface area contributed by atoms with Crippen LogP contribution < -0.4 is 5.32 Å². The monoisotopic (exact) mass is 209 g/mol. The summed E-state index contributed by atoms with van der Waals surface area (Å²) in [6, 6.07) is 0.876. The maximum Gasteiger partial charge on any atom is 0.0124 e. The fourth-order valence-corrected chi connectivity index (χ4v) is 3.30. The largest absolute Gasteiger partial charge is 0.313 e. The first-order valence-electron chi connectivity index (χ1n) is 7.08. The van der Waals surface area contributed by atoms with Gasteiger partial charge < -0.3 is 5.32 Å². The molecule has 2 rings (SSSR count). The molecule has 0 heterocycles. The molecule has 0 saturated heterocycles. The van der Waals surface area contributed by atoms with Crippen LogP contribution in [0.25, 0.3) is 0 Å². The Kier molecular flexibility index (Phi) is 4.07. The zero-order valence-corrected chi connectivity index (χ0v) is 10.5. The third-order valence-electron chi connectivity index (χ3n) is 4.43. The van der Waals surface area contributed by atoms with Crippen molar-refractivity contribution in [3.8, 4) is 0 Å². The van der Waals surface area contributed by atoms with Crippen molar-refractivity contribution in [1.29, 1.82) is 0 Å². The van der Waals surface area contributed by atoms with E-state index >= 15 is 0 Å². The molecule has 2 fully saturated rings. The van der Waals surface area contributed by atoms with Crippen LogP contribution in [0, 0.1) is 17.8 Å². The van der Waals surface area contributed by atoms with E-state index in [0.717, 1.165) is 23.8 Å². The van der Waals surface area contributed by atoms with Crippen molar-refractivity contribution in [3.63, 3.8) is 0 Å². The van der Waals surface area contributed by atoms with Crippen LogP contribution in [-0.2, 0) is 0 Å². The maximum atomic E-state index is 3.82. The number of nitrogens with one attached hydrogen (secondary N) is 1. The SMILES string of the molecule is CCCNC(C1CC1)C1CCC(CC)C1. The molecule has 2 saturated carbocycles. The predicted octanol–water partition coefficient (Wildman–Crippen LogP) is 3.59. The summed E-state index contributed by atoms with van der Waals surface area (Å²) in [6.07, 6.45) is 10.2. The Hall–Kier alpha value is -0.0400. The van der Waals surface area contributed by atoms with Crippen molar-refractivity contribution in [2.45, 2.75) is 64.8 Å². The van der Waals surface area contributed by atoms with Gasteiger partial charge in [0.15, 0.2) is 0 Å². The third kappa shape index (κ3) is 2.96. The molecular weight excluding hydrogens is 182 g/mol. The van der Waals surface area contributed by atoms with Crippen molar-refractivity contribution >= 4 is 0 Å². The highest BCUT2D eigenvalue weighted by Crippen LogP contribution is 2.43. The highest BCUT2D eigenvalue weighted by molar-refractivity contribution is 4.93. The third-order valence-corrected chi connectivity index (χ3v) is 4.43. The van der Waals surface area contributed by atoms with Crippen LogP contribution >= 0.6 is 0 Å². The van der Waals surface area contributed by atoms with Gasteiger partial charge in [0.2, 0.25) is 0 Å². The van der Waals surface area contributed by atoms with Gasteiger partial charge in [0, 0.05) is 6.04 Å². The Bertz CT molecular complexity index is 186. The molecule has 0 amide bonds. The quantitative estimate of drug-likeness (QED) is 0.705. The summed E-state index contributed by atoms with van der Waals surface area (Å²) < 4.78 is 0. The highest BCUT2D eigenvalue weighted by Gasteiger charge is 2.38. The molecule has 0 aromatic rings. The van der Waals surface area contributed by atoms with Gasteiger partial charge in [-0.25, -0.2) is 0 Å². The van der Waals surface area contributed by atoms with E-state index in [1.165, 1.54) is 51.5 Å². The molecule has 1 N–H and O–H groups in total. The Labute approximate surface area is 95.0 Å². The van der Waals surface area contributed by atoms with Gasteiger partial charge in [0.05, 0.1) is 0 Å². The van der Waals surface area contributed by atoms with Crippen LogP contribution in [0.1, 0.15) is 58.8 Å². The standard InChI is InChI=1S/C14H27N/c1-3-9-15-14(12-7-8-12)13-6-5-11(4-2)10-13/h11-15H,3-10H2,1-2H3. The van der Waals surface area contributed by atoms with Crippen LogP contribution in [0.3, 0.4) is 0 Å². The Morgan fingerprint density at radius 1 is 1.07 bits per heavy atom. The summed E-state index contributed by atoms with van der Waals surface area (Å²) in [7, 11) is 0. The molecule has 0 aliphatic heterocycles. The molecule has 0 aromatic carbocycles. The van der Waals surface area contributed by atoms with Crippen LogP contribution in [0.2, 0.25) is 0 Å². The maximum absolute atomic E-state index is 3.82. The van der Waals surface area contributed by atoms with Gasteiger partial charge in [-0.05, 0) is 56.4 Å². The van der Waals surface area contributed by atoms with Crippen LogP contribution in [0.4, 0.5) is 0 Å². The second kappa shape index (κ2) is 5.34. The van der Waals surface area contributed by atoms with Gasteiger partial charge in [-0.3, -0.25) is 0 Å². The zero-order chi connectivity index (χ0) is 10.7. The van der Waals surface area contributed by atoms with Crippen molar-refractivity contribution in [2.75, 3.05) is 6.54 Å². The topological polar surface area (TPSA) is 12.0 Å². The van der Waals surface area contributed by atoms with Gasteiger partial charge in [-0.15, -0.1) is 0 Å². The molecule has 15 heavy (non-hydrogen) atoms. The molecule has 2 aliphatic carbocycles. The summed E-state index contributed by atoms with van der Waals surface area (Å²) in [5.41, 5.74) is 0. The second-order valence-corrected chi connectivity index (χ2v) is 5.66. The first-order chi connectivity index (χ1) is 7.35. The summed E-state index contributed by atoms with van der Waals surface area (Å²) in [5.74, 6) is 3.09. The lowest BCUT2D eigenvalue weighted by molar-refractivity contribution is 0.316. The molecule has 3 unspecified atom stereocenters. The van der Waals surface area contributed by atoms with E-state index in [-0.39, 0.29) is 0 Å². The lowest BCUT2D eigenvalue weighted by Gasteiger charge is -2.25. The van der Waals surface area contributed by atoms with Crippen molar-refractivity contribution in [1.82, 2.24) is 5.32 Å². The summed E-state index contributed by atoms with van der Waals surface area (Å²) in [5, 5.41) is 3.82. The van der Waals surface area contributed by atoms with Crippen LogP contribution in [0.5, 0.6) is 0 Å². The number of rotatable bonds is 6. The number of hydrogen-bond donors (Lipinski definition) is 1. The van der Waals surface area contributed by atoms with E-state index in [4.69, 9.17) is 0 Å². The molecule has 0 aromatic heterocycles. The molecular formula is C14H27N. The molecule has 88 valence electrons. The fourth-order valence-electron chi connectivity index (χ4n) is 3.30. The smallest absolute Gasteiger partial charge is 0.0124 e. The van der Waals surface area contributed by atoms with Crippen molar-refractivity contribution < 1.29 is 0 Å². The normalized spacial score (nSPS) is 33.2. The molecule has 1 nitrogen and oxygen atoms in total. The highest BCUT2D eigenvalue weighted by atomic mass is 14.9. The number of hydrogen-bond acceptors (Lipinski definition) is 1. The summed E-state index contributed by atoms with van der Waals surface area (Å²) >= 11 is 0. The summed E-state index contributed by atoms with van der Waals surface area (Å²) in [4.78, 5) is 0. The molecule has 0 bridgehead atoms. The molecule has 1 heteroatoms. The van der Waals surface area contributed by atoms with Gasteiger partial charge in [-0.2, -0.15) is 0 Å². The fraction of sp³-hybridized carbons (Fsp3) is 1.00. The lowest BCUT2D eigenvalue weighted by Crippen LogP contribution is -2.37. The average Bonchev–Trinajstić information content (AvgIpc) is 2.97. The van der Waals surface area contributed by atoms with E-state index in [1.807, 2.05) is 0 Å². The zero-order valence-electron chi connectivity index (χ0n) is 10.5. The Morgan fingerprint density at radius 2 is 1.80 bits per heavy atom. The van der Waals surface area contributed by atoms with Crippen LogP contribution in [0.15, 0.2) is 0 Å². The molecule has 3 atom stereocenters. The van der Waals surface area contributed by atoms with Gasteiger partial charge in [-0.1, -0.05) is 26.7 Å². The minimum absolute atomic E-state index is 0.876. The minimum atomic E-state index is 0.876. The van der Waals surface area contributed by atoms with Gasteiger partial charge in [0.1, 0.15) is 0 Å². The minimum Gasteiger partial charge on any atom is -0.313 e. The second-order valence-electron chi connectivity index (χ2n) is 5.66. The van der Waals surface area contributed by atoms with E-state index in [0.29, 0.717) is 0 Å². The average molecular weight is 209 g/mol. The van der Waals surface area contributed by atoms with Gasteiger partial charge in [0.25, 0.3) is 0 Å². The van der Waals surface area contributed by atoms with Crippen LogP contribution in [-0.4, -0.2) is 12.6 Å². The first-order valence-corrected chi connectivity index (χ1v) is 7.08. The Balaban J connectivity index is 1.82. The molecule has 0 radical (unpaired) electrons. The van der Waals surface area contributed by atoms with Crippen molar-refractivity contribution in [3.05, 3.63) is 0 Å². The predicted molar refractivity (Wildman–Crippen MR) is 65.9 cm³/mol. The van der Waals surface area contributed by atoms with E-state index in [1.54, 1.807) is 0 Å². The molecule has 0 spiro atoms. The Morgan fingerprint density at radius 3 is 2.33 bits per heavy atom. The molecule has 2 aliphatic rings. The van der Waals surface area contributed by atoms with E-state index < -0.39 is 0 Å². The lowest BCUT2D eigenvalue weighted by atomic mass is 9.92. The van der Waals surface area contributed by atoms with Crippen molar-refractivity contribution in [2.24, 2.45) is 17.8 Å². The van der Waals surface area contributed by atoms with E-state index in [2.05, 4.69) is 19.2 Å². The van der Waals surface area contributed by atoms with Gasteiger partial charge >= 0.3 is 0 Å². The van der Waals surface area contributed by atoms with E-state index in [9.17, 15) is 0 Å². The first kappa shape index (κ1) is 11.4.